The van der Waals surface area contributed by atoms with Crippen LogP contribution >= 0.6 is 15.9 Å². The van der Waals surface area contributed by atoms with Gasteiger partial charge in [0.15, 0.2) is 11.3 Å². The number of pyridine rings is 2. The zero-order valence-corrected chi connectivity index (χ0v) is 47.2. The van der Waals surface area contributed by atoms with E-state index >= 15 is 0 Å². The average molecular weight is 1180 g/mol. The number of rotatable bonds is 7. The molecule has 19 heteroatoms. The molecule has 73 heavy (non-hydrogen) atoms. The Labute approximate surface area is 453 Å². The summed E-state index contributed by atoms with van der Waals surface area (Å²) in [4.78, 5) is 9.47. The van der Waals surface area contributed by atoms with Gasteiger partial charge < -0.3 is 11.0 Å². The molecule has 0 bridgehead atoms. The molecule has 6 aromatic heterocycles. The minimum Gasteiger partial charge on any atom is -0.412 e. The van der Waals surface area contributed by atoms with Crippen molar-refractivity contribution in [3.63, 3.8) is 0 Å². The van der Waals surface area contributed by atoms with E-state index in [4.69, 9.17) is 7.85 Å². The number of fused-ring (bicyclic) bond motifs is 2. The minimum absolute atomic E-state index is 0. The van der Waals surface area contributed by atoms with Crippen LogP contribution in [0.15, 0.2) is 154 Å². The summed E-state index contributed by atoms with van der Waals surface area (Å²) in [5.74, 6) is 1.49. The summed E-state index contributed by atoms with van der Waals surface area (Å²) in [5, 5.41) is 10.0. The van der Waals surface area contributed by atoms with Crippen molar-refractivity contribution in [3.8, 4) is 22.3 Å². The first-order valence-corrected chi connectivity index (χ1v) is 27.2. The van der Waals surface area contributed by atoms with E-state index in [0.717, 1.165) is 80.1 Å². The first-order valence-electron chi connectivity index (χ1n) is 23.5. The summed E-state index contributed by atoms with van der Waals surface area (Å²) in [7, 11) is 1.83. The van der Waals surface area contributed by atoms with Crippen molar-refractivity contribution in [2.45, 2.75) is 89.9 Å². The topological polar surface area (TPSA) is 203 Å². The van der Waals surface area contributed by atoms with Crippen LogP contribution in [0.25, 0.3) is 49.9 Å². The smallest absolute Gasteiger partial charge is 0.269 e. The second kappa shape index (κ2) is 23.5. The molecule has 14 nitrogen and oxygen atoms in total. The van der Waals surface area contributed by atoms with E-state index in [1.807, 2.05) is 38.8 Å². The van der Waals surface area contributed by atoms with Gasteiger partial charge in [-0.15, -0.1) is 5.47 Å². The van der Waals surface area contributed by atoms with Gasteiger partial charge in [0, 0.05) is 109 Å². The summed E-state index contributed by atoms with van der Waals surface area (Å²) in [6.07, 6.45) is 25.2. The van der Waals surface area contributed by atoms with Crippen molar-refractivity contribution in [2.75, 3.05) is 0 Å². The van der Waals surface area contributed by atoms with Crippen LogP contribution in [-0.2, 0) is 54.6 Å². The van der Waals surface area contributed by atoms with Crippen LogP contribution in [0.5, 0.6) is 0 Å². The van der Waals surface area contributed by atoms with E-state index in [1.54, 1.807) is 101 Å². The number of nitrogens with zero attached hydrogens (tertiary/aromatic N) is 8. The number of aromatic nitrogens is 8. The first kappa shape index (κ1) is 58.6. The molecule has 2 radical (unpaired) electrons. The standard InChI is InChI=1S/C27H30N4O2S.C17H13BrN4O2S.C10H17B.2H2O.Pd/c1-27(2,3)22-12-10-19(11-13-22)20-14-24-25(21-16-29-30(4)17-21)18-31(26(24)28-15-20)34(32,33)23-8-6-5-7-9-23;1-21-10-12(8-20-21)16-11-22(17-15(16)7-13(18)9-19-17)25(23,24)14-5-3-2-4-6-14;1-10(2,3)8-4-6-9(11)7-5-8;;;/h5-10,14-18,22H,11-13H2,1-4H3;2-11H,1H3;6,8H,4-5,7H2,1-3H3;2*1H2;. The zero-order valence-electron chi connectivity index (χ0n) is 42.4. The van der Waals surface area contributed by atoms with Crippen LogP contribution in [0.3, 0.4) is 0 Å². The van der Waals surface area contributed by atoms with E-state index in [1.165, 1.54) is 26.4 Å². The Balaban J connectivity index is 0.000000223. The second-order valence-corrected chi connectivity index (χ2v) is 25.0. The quantitative estimate of drug-likeness (QED) is 0.140. The summed E-state index contributed by atoms with van der Waals surface area (Å²) >= 11 is 3.41. The maximum atomic E-state index is 13.5. The Morgan fingerprint density at radius 1 is 0.589 bits per heavy atom. The van der Waals surface area contributed by atoms with Gasteiger partial charge in [-0.1, -0.05) is 90.1 Å². The molecule has 2 aromatic carbocycles. The van der Waals surface area contributed by atoms with E-state index < -0.39 is 20.0 Å². The predicted octanol–water partition coefficient (Wildman–Crippen LogP) is 10.6. The molecule has 8 aromatic rings. The van der Waals surface area contributed by atoms with Crippen LogP contribution in [0.1, 0.15) is 85.6 Å². The third-order valence-electron chi connectivity index (χ3n) is 13.5. The van der Waals surface area contributed by atoms with Gasteiger partial charge in [-0.25, -0.2) is 34.7 Å². The average Bonchev–Trinajstić information content (AvgIpc) is 4.15. The van der Waals surface area contributed by atoms with Gasteiger partial charge in [-0.05, 0) is 125 Å². The SMILES string of the molecule is Cn1cc(-c2cn(S(=O)(=O)c3ccccc3)c3ncc(Br)cc23)cn1.Cn1cc(-c2cn(S(=O)(=O)c3ccccc3)c3ncc(C4=CCC(C(C)(C)C)CC4)cc23)cn1.O.O.[B]C1=CCC(C(C)(C)C)CC1.[Pd]. The van der Waals surface area contributed by atoms with Crippen LogP contribution in [0.2, 0.25) is 0 Å². The van der Waals surface area contributed by atoms with E-state index in [0.29, 0.717) is 28.0 Å². The zero-order chi connectivity index (χ0) is 50.2. The molecule has 388 valence electrons. The summed E-state index contributed by atoms with van der Waals surface area (Å²) < 4.78 is 59.9. The monoisotopic (exact) mass is 1180 g/mol. The van der Waals surface area contributed by atoms with E-state index in [2.05, 4.69) is 95.9 Å². The Morgan fingerprint density at radius 2 is 1.03 bits per heavy atom. The maximum Gasteiger partial charge on any atom is 0.269 e. The van der Waals surface area contributed by atoms with Crippen molar-refractivity contribution >= 4 is 71.5 Å². The van der Waals surface area contributed by atoms with Gasteiger partial charge in [0.1, 0.15) is 7.85 Å². The third kappa shape index (κ3) is 13.0. The molecule has 6 heterocycles. The Kier molecular flexibility index (Phi) is 18.9. The van der Waals surface area contributed by atoms with Crippen LogP contribution in [0.4, 0.5) is 0 Å². The Bertz CT molecular complexity index is 3470. The van der Waals surface area contributed by atoms with Crippen LogP contribution in [-0.4, -0.2) is 73.1 Å². The third-order valence-corrected chi connectivity index (χ3v) is 17.3. The summed E-state index contributed by atoms with van der Waals surface area (Å²) in [5.41, 5.74) is 8.24. The van der Waals surface area contributed by atoms with Gasteiger partial charge >= 0.3 is 0 Å². The maximum absolute atomic E-state index is 13.5. The molecule has 0 fully saturated rings. The molecule has 10 rings (SSSR count). The molecular formula is C54H64BBrN8O6PdS2. The van der Waals surface area contributed by atoms with Crippen molar-refractivity contribution in [1.82, 2.24) is 37.5 Å². The van der Waals surface area contributed by atoms with Gasteiger partial charge in [0.05, 0.1) is 22.2 Å². The molecular weight excluding hydrogens is 1120 g/mol. The largest absolute Gasteiger partial charge is 0.412 e. The fraction of sp³-hybridized carbons (Fsp3) is 0.333. The second-order valence-electron chi connectivity index (χ2n) is 20.4. The molecule has 4 N–H and O–H groups in total. The predicted molar refractivity (Wildman–Crippen MR) is 292 cm³/mol. The van der Waals surface area contributed by atoms with Crippen molar-refractivity contribution in [1.29, 1.82) is 0 Å². The molecule has 0 saturated heterocycles. The van der Waals surface area contributed by atoms with E-state index in [-0.39, 0.29) is 41.2 Å². The van der Waals surface area contributed by atoms with Gasteiger partial charge in [0.2, 0.25) is 0 Å². The van der Waals surface area contributed by atoms with Crippen molar-refractivity contribution in [3.05, 3.63) is 150 Å². The molecule has 0 spiro atoms. The number of hydrogen-bond acceptors (Lipinski definition) is 8. The molecule has 2 atom stereocenters. The van der Waals surface area contributed by atoms with Crippen molar-refractivity contribution in [2.24, 2.45) is 36.8 Å². The van der Waals surface area contributed by atoms with Gasteiger partial charge in [-0.3, -0.25) is 9.36 Å². The number of allylic oxidation sites excluding steroid dienone is 4. The van der Waals surface area contributed by atoms with Crippen LogP contribution < -0.4 is 0 Å². The van der Waals surface area contributed by atoms with E-state index in [9.17, 15) is 16.8 Å². The molecule has 0 amide bonds. The molecule has 0 saturated carbocycles. The molecule has 0 aliphatic heterocycles. The number of aryl methyl sites for hydroxylation is 2. The number of hydrogen-bond donors (Lipinski definition) is 0. The van der Waals surface area contributed by atoms with Crippen molar-refractivity contribution < 1.29 is 48.2 Å². The molecule has 2 aliphatic carbocycles. The summed E-state index contributed by atoms with van der Waals surface area (Å²) in [6.45, 7) is 13.9. The van der Waals surface area contributed by atoms with Gasteiger partial charge in [0.25, 0.3) is 20.0 Å². The summed E-state index contributed by atoms with van der Waals surface area (Å²) in [6, 6.07) is 20.8. The number of halogens is 1. The minimum atomic E-state index is -3.79. The number of benzene rings is 2. The molecule has 2 unspecified atom stereocenters. The van der Waals surface area contributed by atoms with Gasteiger partial charge in [-0.2, -0.15) is 10.2 Å². The normalized spacial score (nSPS) is 16.1. The molecule has 2 aliphatic rings. The Hall–Kier alpha value is -5.25. The fourth-order valence-corrected chi connectivity index (χ4v) is 12.2. The fourth-order valence-electron chi connectivity index (χ4n) is 9.19. The first-order chi connectivity index (χ1) is 33.1. The Morgan fingerprint density at radius 3 is 1.42 bits per heavy atom. The van der Waals surface area contributed by atoms with Crippen LogP contribution in [0, 0.1) is 22.7 Å².